The Kier molecular flexibility index (Phi) is 3.91. The van der Waals surface area contributed by atoms with Gasteiger partial charge in [-0.3, -0.25) is 4.57 Å². The Morgan fingerprint density at radius 1 is 1.65 bits per heavy atom. The highest BCUT2D eigenvalue weighted by molar-refractivity contribution is 5.79. The van der Waals surface area contributed by atoms with Gasteiger partial charge in [0, 0.05) is 13.6 Å². The van der Waals surface area contributed by atoms with E-state index in [0.29, 0.717) is 18.9 Å². The molecule has 2 atom stereocenters. The number of piperidine rings is 1. The fourth-order valence-corrected chi connectivity index (χ4v) is 2.77. The first kappa shape index (κ1) is 14.3. The molecule has 0 spiro atoms. The average molecular weight is 282 g/mol. The number of nitro groups is 1. The van der Waals surface area contributed by atoms with Crippen LogP contribution in [0.2, 0.25) is 0 Å². The standard InChI is InChI=1S/C12H18N4O4/c1-3-8-4-5-15(9(6-8)12(17)18)11-10(16(19)20)13-7-14(11)2/h7-9H,3-6H2,1-2H3,(H,17,18). The molecule has 0 amide bonds. The molecule has 1 saturated heterocycles. The van der Waals surface area contributed by atoms with Gasteiger partial charge in [0.1, 0.15) is 6.04 Å². The van der Waals surface area contributed by atoms with Gasteiger partial charge in [-0.25, -0.2) is 4.79 Å². The van der Waals surface area contributed by atoms with Gasteiger partial charge in [0.25, 0.3) is 0 Å². The quantitative estimate of drug-likeness (QED) is 0.661. The van der Waals surface area contributed by atoms with Crippen LogP contribution in [0.1, 0.15) is 26.2 Å². The van der Waals surface area contributed by atoms with E-state index in [1.807, 2.05) is 6.92 Å². The van der Waals surface area contributed by atoms with E-state index in [1.54, 1.807) is 11.9 Å². The van der Waals surface area contributed by atoms with Gasteiger partial charge >= 0.3 is 11.8 Å². The minimum Gasteiger partial charge on any atom is -0.480 e. The fourth-order valence-electron chi connectivity index (χ4n) is 2.77. The van der Waals surface area contributed by atoms with Crippen LogP contribution in [-0.4, -0.2) is 38.1 Å². The van der Waals surface area contributed by atoms with Crippen LogP contribution in [0.15, 0.2) is 6.33 Å². The Hall–Kier alpha value is -2.12. The Morgan fingerprint density at radius 3 is 2.90 bits per heavy atom. The fraction of sp³-hybridized carbons (Fsp3) is 0.667. The zero-order valence-corrected chi connectivity index (χ0v) is 11.5. The van der Waals surface area contributed by atoms with Gasteiger partial charge in [-0.1, -0.05) is 13.3 Å². The molecule has 1 N–H and O–H groups in total. The second-order valence-corrected chi connectivity index (χ2v) is 5.11. The number of imidazole rings is 1. The summed E-state index contributed by atoms with van der Waals surface area (Å²) in [7, 11) is 1.64. The van der Waals surface area contributed by atoms with Crippen LogP contribution in [0.5, 0.6) is 0 Å². The first-order valence-corrected chi connectivity index (χ1v) is 6.60. The van der Waals surface area contributed by atoms with Crippen LogP contribution in [0, 0.1) is 16.0 Å². The largest absolute Gasteiger partial charge is 0.480 e. The number of carboxylic acids is 1. The van der Waals surface area contributed by atoms with Crippen LogP contribution in [-0.2, 0) is 11.8 Å². The first-order chi connectivity index (χ1) is 9.45. The minimum atomic E-state index is -0.946. The highest BCUT2D eigenvalue weighted by Crippen LogP contribution is 2.34. The van der Waals surface area contributed by atoms with Crippen molar-refractivity contribution in [1.82, 2.24) is 9.55 Å². The first-order valence-electron chi connectivity index (χ1n) is 6.60. The molecule has 1 aliphatic heterocycles. The highest BCUT2D eigenvalue weighted by atomic mass is 16.6. The third kappa shape index (κ3) is 2.45. The molecule has 1 aromatic rings. The predicted molar refractivity (Wildman–Crippen MR) is 71.6 cm³/mol. The minimum absolute atomic E-state index is 0.275. The Labute approximate surface area is 116 Å². The topological polar surface area (TPSA) is 101 Å². The molecule has 0 saturated carbocycles. The van der Waals surface area contributed by atoms with E-state index in [4.69, 9.17) is 0 Å². The van der Waals surface area contributed by atoms with E-state index in [9.17, 15) is 20.0 Å². The number of aliphatic carboxylic acids is 1. The van der Waals surface area contributed by atoms with Crippen molar-refractivity contribution in [1.29, 1.82) is 0 Å². The lowest BCUT2D eigenvalue weighted by atomic mass is 9.89. The lowest BCUT2D eigenvalue weighted by Crippen LogP contribution is -2.48. The molecule has 8 nitrogen and oxygen atoms in total. The number of carboxylic acid groups (broad SMARTS) is 1. The van der Waals surface area contributed by atoms with Crippen LogP contribution in [0.4, 0.5) is 11.6 Å². The maximum absolute atomic E-state index is 11.5. The molecule has 0 aromatic carbocycles. The maximum atomic E-state index is 11.5. The lowest BCUT2D eigenvalue weighted by Gasteiger charge is -2.37. The third-order valence-electron chi connectivity index (χ3n) is 3.91. The van der Waals surface area contributed by atoms with E-state index < -0.39 is 16.9 Å². The van der Waals surface area contributed by atoms with Crippen molar-refractivity contribution in [3.8, 4) is 0 Å². The molecule has 2 heterocycles. The number of hydrogen-bond donors (Lipinski definition) is 1. The van der Waals surface area contributed by atoms with E-state index in [2.05, 4.69) is 4.98 Å². The van der Waals surface area contributed by atoms with Crippen LogP contribution < -0.4 is 4.90 Å². The monoisotopic (exact) mass is 282 g/mol. The maximum Gasteiger partial charge on any atom is 0.406 e. The number of hydrogen-bond acceptors (Lipinski definition) is 5. The molecular weight excluding hydrogens is 264 g/mol. The normalized spacial score (nSPS) is 22.8. The van der Waals surface area contributed by atoms with Gasteiger partial charge in [-0.2, -0.15) is 0 Å². The number of carbonyl (C=O) groups is 1. The number of rotatable bonds is 4. The molecule has 1 aromatic heterocycles. The van der Waals surface area contributed by atoms with Crippen molar-refractivity contribution in [3.05, 3.63) is 16.4 Å². The highest BCUT2D eigenvalue weighted by Gasteiger charge is 2.38. The number of nitrogens with zero attached hydrogens (tertiary/aromatic N) is 4. The summed E-state index contributed by atoms with van der Waals surface area (Å²) in [5, 5.41) is 20.4. The summed E-state index contributed by atoms with van der Waals surface area (Å²) in [6, 6.07) is -0.734. The van der Waals surface area contributed by atoms with E-state index in [-0.39, 0.29) is 11.6 Å². The Bertz CT molecular complexity index is 528. The molecule has 8 heteroatoms. The lowest BCUT2D eigenvalue weighted by molar-refractivity contribution is -0.388. The van der Waals surface area contributed by atoms with Crippen molar-refractivity contribution in [2.45, 2.75) is 32.2 Å². The molecule has 1 fully saturated rings. The number of anilines is 1. The smallest absolute Gasteiger partial charge is 0.406 e. The van der Waals surface area contributed by atoms with Crippen molar-refractivity contribution >= 4 is 17.6 Å². The van der Waals surface area contributed by atoms with Crippen molar-refractivity contribution < 1.29 is 14.8 Å². The van der Waals surface area contributed by atoms with Crippen molar-refractivity contribution in [3.63, 3.8) is 0 Å². The summed E-state index contributed by atoms with van der Waals surface area (Å²) >= 11 is 0. The Balaban J connectivity index is 2.37. The third-order valence-corrected chi connectivity index (χ3v) is 3.91. The second kappa shape index (κ2) is 5.48. The van der Waals surface area contributed by atoms with Crippen molar-refractivity contribution in [2.24, 2.45) is 13.0 Å². The van der Waals surface area contributed by atoms with Crippen LogP contribution in [0.25, 0.3) is 0 Å². The second-order valence-electron chi connectivity index (χ2n) is 5.11. The summed E-state index contributed by atoms with van der Waals surface area (Å²) < 4.78 is 1.51. The molecular formula is C12H18N4O4. The average Bonchev–Trinajstić information content (AvgIpc) is 2.80. The van der Waals surface area contributed by atoms with Gasteiger partial charge in [-0.05, 0) is 28.7 Å². The molecule has 20 heavy (non-hydrogen) atoms. The molecule has 1 aliphatic rings. The summed E-state index contributed by atoms with van der Waals surface area (Å²) in [6.45, 7) is 2.53. The van der Waals surface area contributed by atoms with Gasteiger partial charge in [0.15, 0.2) is 0 Å². The van der Waals surface area contributed by atoms with Crippen molar-refractivity contribution in [2.75, 3.05) is 11.4 Å². The zero-order valence-electron chi connectivity index (χ0n) is 11.5. The van der Waals surface area contributed by atoms with E-state index in [1.165, 1.54) is 10.9 Å². The summed E-state index contributed by atoms with van der Waals surface area (Å²) in [6.07, 6.45) is 3.61. The van der Waals surface area contributed by atoms with E-state index >= 15 is 0 Å². The summed E-state index contributed by atoms with van der Waals surface area (Å²) in [5.41, 5.74) is 0. The Morgan fingerprint density at radius 2 is 2.35 bits per heavy atom. The molecule has 0 bridgehead atoms. The molecule has 2 unspecified atom stereocenters. The zero-order chi connectivity index (χ0) is 14.9. The van der Waals surface area contributed by atoms with Gasteiger partial charge < -0.3 is 20.1 Å². The molecule has 0 aliphatic carbocycles. The van der Waals surface area contributed by atoms with E-state index in [0.717, 1.165) is 12.8 Å². The van der Waals surface area contributed by atoms with Gasteiger partial charge in [0.05, 0.1) is 0 Å². The molecule has 0 radical (unpaired) electrons. The molecule has 110 valence electrons. The predicted octanol–water partition coefficient (Wildman–Crippen LogP) is 1.41. The number of aromatic nitrogens is 2. The summed E-state index contributed by atoms with van der Waals surface area (Å²) in [4.78, 5) is 27.3. The SMILES string of the molecule is CCC1CCN(c2c([N+](=O)[O-])ncn2C)C(C(=O)O)C1. The van der Waals surface area contributed by atoms with Gasteiger partial charge in [0.2, 0.25) is 12.1 Å². The van der Waals surface area contributed by atoms with Crippen LogP contribution in [0.3, 0.4) is 0 Å². The van der Waals surface area contributed by atoms with Gasteiger partial charge in [-0.15, -0.1) is 0 Å². The summed E-state index contributed by atoms with van der Waals surface area (Å²) in [5.74, 6) is -0.607. The van der Waals surface area contributed by atoms with Crippen LogP contribution >= 0.6 is 0 Å². The molecule has 2 rings (SSSR count). The number of aryl methyl sites for hydroxylation is 1.